The van der Waals surface area contributed by atoms with Crippen molar-refractivity contribution in [2.24, 2.45) is 0 Å². The third-order valence-corrected chi connectivity index (χ3v) is 7.04. The number of benzene rings is 1. The normalized spacial score (nSPS) is 19.7. The zero-order valence-electron chi connectivity index (χ0n) is 14.1. The molecule has 4 rings (SSSR count). The maximum absolute atomic E-state index is 8.90. The summed E-state index contributed by atoms with van der Waals surface area (Å²) in [5.74, 6) is 2.52. The molecule has 2 aliphatic rings. The van der Waals surface area contributed by atoms with Gasteiger partial charge in [-0.2, -0.15) is 5.26 Å². The van der Waals surface area contributed by atoms with E-state index in [1.54, 1.807) is 11.3 Å². The van der Waals surface area contributed by atoms with E-state index < -0.39 is 0 Å². The molecule has 5 nitrogen and oxygen atoms in total. The first-order valence-corrected chi connectivity index (χ1v) is 10.7. The Balaban J connectivity index is 1.38. The summed E-state index contributed by atoms with van der Waals surface area (Å²) >= 11 is 3.72. The third-order valence-electron chi connectivity index (χ3n) is 4.92. The topological polar surface area (TPSA) is 56.1 Å². The zero-order chi connectivity index (χ0) is 17.1. The van der Waals surface area contributed by atoms with E-state index in [1.165, 1.54) is 37.4 Å². The second kappa shape index (κ2) is 7.73. The van der Waals surface area contributed by atoms with Crippen molar-refractivity contribution in [2.45, 2.75) is 25.3 Å². The molecule has 0 N–H and O–H groups in total. The molecule has 0 aliphatic carbocycles. The molecule has 2 aliphatic heterocycles. The van der Waals surface area contributed by atoms with Crippen LogP contribution in [-0.2, 0) is 0 Å². The molecule has 1 aromatic carbocycles. The molecule has 0 unspecified atom stereocenters. The fraction of sp³-hybridized carbons (Fsp3) is 0.500. The second-order valence-corrected chi connectivity index (χ2v) is 8.53. The summed E-state index contributed by atoms with van der Waals surface area (Å²) < 4.78 is 0. The average Bonchev–Trinajstić information content (AvgIpc) is 3.19. The highest BCUT2D eigenvalue weighted by atomic mass is 32.2. The van der Waals surface area contributed by atoms with Gasteiger partial charge in [0.05, 0.1) is 11.6 Å². The van der Waals surface area contributed by atoms with Gasteiger partial charge >= 0.3 is 0 Å². The summed E-state index contributed by atoms with van der Waals surface area (Å²) in [4.78, 5) is 5.03. The van der Waals surface area contributed by atoms with Gasteiger partial charge in [-0.05, 0) is 37.1 Å². The van der Waals surface area contributed by atoms with E-state index in [-0.39, 0.29) is 0 Å². The van der Waals surface area contributed by atoms with Crippen LogP contribution in [0.2, 0.25) is 0 Å². The number of piperidine rings is 1. The van der Waals surface area contributed by atoms with Crippen LogP contribution in [0, 0.1) is 11.3 Å². The third kappa shape index (κ3) is 3.81. The summed E-state index contributed by atoms with van der Waals surface area (Å²) in [6.07, 6.45) is 3.76. The molecule has 25 heavy (non-hydrogen) atoms. The van der Waals surface area contributed by atoms with Gasteiger partial charge in [-0.15, -0.1) is 22.0 Å². The lowest BCUT2D eigenvalue weighted by molar-refractivity contribution is 0.195. The Bertz CT molecular complexity index is 738. The van der Waals surface area contributed by atoms with Gasteiger partial charge in [0.1, 0.15) is 5.01 Å². The van der Waals surface area contributed by atoms with Gasteiger partial charge in [0.25, 0.3) is 0 Å². The summed E-state index contributed by atoms with van der Waals surface area (Å²) in [7, 11) is 0. The van der Waals surface area contributed by atoms with E-state index in [2.05, 4.69) is 37.8 Å². The lowest BCUT2D eigenvalue weighted by Gasteiger charge is -2.39. The summed E-state index contributed by atoms with van der Waals surface area (Å²) in [5.41, 5.74) is 1.70. The van der Waals surface area contributed by atoms with Crippen LogP contribution in [-0.4, -0.2) is 52.4 Å². The monoisotopic (exact) mass is 371 g/mol. The summed E-state index contributed by atoms with van der Waals surface area (Å²) in [6.45, 7) is 3.39. The van der Waals surface area contributed by atoms with Crippen molar-refractivity contribution in [2.75, 3.05) is 36.2 Å². The molecule has 0 saturated carbocycles. The van der Waals surface area contributed by atoms with Crippen LogP contribution < -0.4 is 4.90 Å². The highest BCUT2D eigenvalue weighted by Crippen LogP contribution is 2.31. The fourth-order valence-electron chi connectivity index (χ4n) is 3.47. The maximum atomic E-state index is 8.90. The van der Waals surface area contributed by atoms with E-state index in [0.717, 1.165) is 34.8 Å². The molecule has 0 radical (unpaired) electrons. The Morgan fingerprint density at radius 1 is 1.08 bits per heavy atom. The largest absolute Gasteiger partial charge is 0.347 e. The molecule has 7 heteroatoms. The maximum Gasteiger partial charge on any atom is 0.208 e. The van der Waals surface area contributed by atoms with Crippen molar-refractivity contribution in [1.82, 2.24) is 15.1 Å². The quantitative estimate of drug-likeness (QED) is 0.824. The van der Waals surface area contributed by atoms with E-state index in [4.69, 9.17) is 5.26 Å². The predicted molar refractivity (Wildman–Crippen MR) is 104 cm³/mol. The first-order valence-electron chi connectivity index (χ1n) is 8.74. The van der Waals surface area contributed by atoms with Crippen molar-refractivity contribution >= 4 is 28.2 Å². The number of thioether (sulfide) groups is 1. The van der Waals surface area contributed by atoms with Crippen LogP contribution in [0.4, 0.5) is 5.13 Å². The molecule has 0 bridgehead atoms. The Hall–Kier alpha value is -1.62. The smallest absolute Gasteiger partial charge is 0.208 e. The predicted octanol–water partition coefficient (Wildman–Crippen LogP) is 3.44. The van der Waals surface area contributed by atoms with Gasteiger partial charge in [0.2, 0.25) is 5.13 Å². The highest BCUT2D eigenvalue weighted by Gasteiger charge is 2.27. The van der Waals surface area contributed by atoms with Crippen molar-refractivity contribution in [3.05, 3.63) is 29.8 Å². The zero-order valence-corrected chi connectivity index (χ0v) is 15.7. The average molecular weight is 372 g/mol. The lowest BCUT2D eigenvalue weighted by Crippen LogP contribution is -2.46. The summed E-state index contributed by atoms with van der Waals surface area (Å²) in [6, 6.07) is 10.4. The van der Waals surface area contributed by atoms with Crippen LogP contribution in [0.3, 0.4) is 0 Å². The van der Waals surface area contributed by atoms with Crippen molar-refractivity contribution in [3.63, 3.8) is 0 Å². The minimum absolute atomic E-state index is 0.673. The summed E-state index contributed by atoms with van der Waals surface area (Å²) in [5, 5.41) is 19.6. The van der Waals surface area contributed by atoms with Gasteiger partial charge in [-0.1, -0.05) is 23.5 Å². The number of aromatic nitrogens is 2. The Kier molecular flexibility index (Phi) is 5.20. The van der Waals surface area contributed by atoms with Gasteiger partial charge < -0.3 is 4.90 Å². The number of nitriles is 1. The molecule has 3 heterocycles. The Morgan fingerprint density at radius 2 is 1.88 bits per heavy atom. The van der Waals surface area contributed by atoms with E-state index in [0.29, 0.717) is 5.56 Å². The minimum atomic E-state index is 0.673. The van der Waals surface area contributed by atoms with E-state index >= 15 is 0 Å². The molecular weight excluding hydrogens is 350 g/mol. The van der Waals surface area contributed by atoms with Gasteiger partial charge in [-0.25, -0.2) is 0 Å². The molecular formula is C18H21N5S2. The first-order chi connectivity index (χ1) is 12.3. The van der Waals surface area contributed by atoms with Crippen LogP contribution in [0.1, 0.15) is 24.8 Å². The molecule has 2 fully saturated rings. The second-order valence-electron chi connectivity index (χ2n) is 6.50. The highest BCUT2D eigenvalue weighted by molar-refractivity contribution is 7.99. The minimum Gasteiger partial charge on any atom is -0.347 e. The van der Waals surface area contributed by atoms with E-state index in [1.807, 2.05) is 24.3 Å². The molecule has 2 aromatic rings. The first kappa shape index (κ1) is 16.8. The fourth-order valence-corrected chi connectivity index (χ4v) is 5.41. The number of rotatable bonds is 3. The number of nitrogens with zero attached hydrogens (tertiary/aromatic N) is 5. The number of anilines is 1. The van der Waals surface area contributed by atoms with Crippen LogP contribution >= 0.6 is 23.1 Å². The Labute approximate surface area is 156 Å². The molecule has 0 amide bonds. The van der Waals surface area contributed by atoms with Gasteiger partial charge in [-0.3, -0.25) is 4.90 Å². The van der Waals surface area contributed by atoms with Crippen molar-refractivity contribution < 1.29 is 0 Å². The van der Waals surface area contributed by atoms with E-state index in [9.17, 15) is 0 Å². The van der Waals surface area contributed by atoms with Crippen molar-refractivity contribution in [1.29, 1.82) is 5.26 Å². The Morgan fingerprint density at radius 3 is 2.56 bits per heavy atom. The number of hydrogen-bond donors (Lipinski definition) is 0. The van der Waals surface area contributed by atoms with Crippen LogP contribution in [0.25, 0.3) is 10.6 Å². The molecule has 0 spiro atoms. The molecule has 2 saturated heterocycles. The van der Waals surface area contributed by atoms with Crippen LogP contribution in [0.5, 0.6) is 0 Å². The lowest BCUT2D eigenvalue weighted by atomic mass is 10.0. The molecule has 1 aromatic heterocycles. The van der Waals surface area contributed by atoms with Crippen molar-refractivity contribution in [3.8, 4) is 16.6 Å². The standard InChI is InChI=1S/C18H21N5S2/c19-12-14-2-4-15(5-3-14)17-20-21-18(25-17)22-9-6-16(7-10-22)23-8-1-11-24-13-23/h2-5,16H,1,6-11,13H2. The SMILES string of the molecule is N#Cc1ccc(-c2nnc(N3CCC(N4CCCSC4)CC3)s2)cc1. The van der Waals surface area contributed by atoms with Gasteiger partial charge in [0.15, 0.2) is 0 Å². The van der Waals surface area contributed by atoms with Crippen LogP contribution in [0.15, 0.2) is 24.3 Å². The number of hydrogen-bond acceptors (Lipinski definition) is 7. The van der Waals surface area contributed by atoms with Gasteiger partial charge in [0, 0.05) is 37.1 Å². The molecule has 0 atom stereocenters. The molecule has 130 valence electrons.